The van der Waals surface area contributed by atoms with E-state index >= 15 is 0 Å². The summed E-state index contributed by atoms with van der Waals surface area (Å²) in [4.78, 5) is 11.8. The number of carbonyl (C=O) groups is 1. The number of anilines is 1. The number of rotatable bonds is 5. The molecular formula is C15H14Cl2N2O4S. The lowest BCUT2D eigenvalue weighted by atomic mass is 10.2. The fourth-order valence-electron chi connectivity index (χ4n) is 1.95. The molecule has 0 aliphatic rings. The van der Waals surface area contributed by atoms with Crippen molar-refractivity contribution in [1.29, 1.82) is 0 Å². The molecule has 0 radical (unpaired) electrons. The number of halogens is 2. The monoisotopic (exact) mass is 388 g/mol. The summed E-state index contributed by atoms with van der Waals surface area (Å²) < 4.78 is 32.5. The van der Waals surface area contributed by atoms with Crippen LogP contribution in [0.3, 0.4) is 0 Å². The Hall–Kier alpha value is -1.96. The van der Waals surface area contributed by atoms with Crippen molar-refractivity contribution < 1.29 is 17.9 Å². The number of hydrogen-bond acceptors (Lipinski definition) is 4. The summed E-state index contributed by atoms with van der Waals surface area (Å²) in [6.07, 6.45) is 0. The molecule has 128 valence electrons. The summed E-state index contributed by atoms with van der Waals surface area (Å²) >= 11 is 11.8. The zero-order chi connectivity index (χ0) is 17.9. The van der Waals surface area contributed by atoms with E-state index < -0.39 is 15.9 Å². The molecule has 0 spiro atoms. The molecule has 2 N–H and O–H groups in total. The van der Waals surface area contributed by atoms with E-state index in [4.69, 9.17) is 27.9 Å². The maximum Gasteiger partial charge on any atom is 0.261 e. The highest BCUT2D eigenvalue weighted by Crippen LogP contribution is 2.29. The van der Waals surface area contributed by atoms with Crippen molar-refractivity contribution in [2.45, 2.75) is 4.90 Å². The van der Waals surface area contributed by atoms with Crippen LogP contribution in [0.2, 0.25) is 10.0 Å². The topological polar surface area (TPSA) is 84.5 Å². The molecule has 0 fully saturated rings. The second-order valence-electron chi connectivity index (χ2n) is 4.67. The highest BCUT2D eigenvalue weighted by Gasteiger charge is 2.20. The molecule has 0 bridgehead atoms. The minimum atomic E-state index is -3.97. The Kier molecular flexibility index (Phi) is 5.58. The number of sulfonamides is 1. The molecule has 1 amide bonds. The number of benzene rings is 2. The zero-order valence-electron chi connectivity index (χ0n) is 12.8. The summed E-state index contributed by atoms with van der Waals surface area (Å²) in [7, 11) is -1.14. The van der Waals surface area contributed by atoms with Gasteiger partial charge in [0.2, 0.25) is 0 Å². The van der Waals surface area contributed by atoms with Gasteiger partial charge in [-0.1, -0.05) is 23.2 Å². The van der Waals surface area contributed by atoms with Gasteiger partial charge in [0.15, 0.2) is 0 Å². The molecule has 0 unspecified atom stereocenters. The fraction of sp³-hybridized carbons (Fsp3) is 0.133. The van der Waals surface area contributed by atoms with Crippen molar-refractivity contribution in [2.24, 2.45) is 0 Å². The lowest BCUT2D eigenvalue weighted by Gasteiger charge is -2.12. The molecule has 9 heteroatoms. The van der Waals surface area contributed by atoms with E-state index in [0.29, 0.717) is 5.02 Å². The van der Waals surface area contributed by atoms with Gasteiger partial charge in [0.25, 0.3) is 15.9 Å². The van der Waals surface area contributed by atoms with Crippen LogP contribution in [0.15, 0.2) is 41.3 Å². The second-order valence-corrected chi connectivity index (χ2v) is 7.20. The minimum absolute atomic E-state index is 0.0973. The lowest BCUT2D eigenvalue weighted by Crippen LogP contribution is -2.20. The van der Waals surface area contributed by atoms with Crippen LogP contribution >= 0.6 is 23.2 Å². The van der Waals surface area contributed by atoms with E-state index in [1.165, 1.54) is 44.5 Å². The van der Waals surface area contributed by atoms with Gasteiger partial charge in [-0.3, -0.25) is 9.52 Å². The number of methoxy groups -OCH3 is 1. The SMILES string of the molecule is CNC(=O)c1cc(S(=O)(=O)Nc2cc(Cl)ccc2Cl)ccc1OC. The molecule has 0 aliphatic carbocycles. The Balaban J connectivity index is 2.46. The third-order valence-corrected chi connectivity index (χ3v) is 5.05. The average Bonchev–Trinajstić information content (AvgIpc) is 2.56. The first-order chi connectivity index (χ1) is 11.3. The molecule has 0 saturated carbocycles. The average molecular weight is 389 g/mol. The van der Waals surface area contributed by atoms with Gasteiger partial charge in [-0.25, -0.2) is 8.42 Å². The molecular weight excluding hydrogens is 375 g/mol. The van der Waals surface area contributed by atoms with Gasteiger partial charge in [-0.2, -0.15) is 0 Å². The molecule has 2 aromatic rings. The smallest absolute Gasteiger partial charge is 0.261 e. The Bertz CT molecular complexity index is 885. The normalized spacial score (nSPS) is 11.0. The van der Waals surface area contributed by atoms with Gasteiger partial charge >= 0.3 is 0 Å². The van der Waals surface area contributed by atoms with Gasteiger partial charge in [0, 0.05) is 12.1 Å². The minimum Gasteiger partial charge on any atom is -0.496 e. The van der Waals surface area contributed by atoms with Crippen LogP contribution in [0, 0.1) is 0 Å². The van der Waals surface area contributed by atoms with E-state index in [1.54, 1.807) is 6.07 Å². The molecule has 0 atom stereocenters. The van der Waals surface area contributed by atoms with Crippen molar-refractivity contribution in [3.8, 4) is 5.75 Å². The number of amides is 1. The first kappa shape index (κ1) is 18.4. The van der Waals surface area contributed by atoms with Gasteiger partial charge in [0.05, 0.1) is 28.3 Å². The summed E-state index contributed by atoms with van der Waals surface area (Å²) in [5.41, 5.74) is 0.238. The molecule has 0 saturated heterocycles. The first-order valence-electron chi connectivity index (χ1n) is 6.66. The van der Waals surface area contributed by atoms with Crippen molar-refractivity contribution >= 4 is 44.8 Å². The van der Waals surface area contributed by atoms with Crippen molar-refractivity contribution in [1.82, 2.24) is 5.32 Å². The summed E-state index contributed by atoms with van der Waals surface area (Å²) in [6, 6.07) is 8.36. The number of ether oxygens (including phenoxy) is 1. The number of carbonyl (C=O) groups excluding carboxylic acids is 1. The standard InChI is InChI=1S/C15H14Cl2N2O4S/c1-18-15(20)11-8-10(4-6-14(11)23-2)24(21,22)19-13-7-9(16)3-5-12(13)17/h3-8,19H,1-2H3,(H,18,20). The van der Waals surface area contributed by atoms with Crippen molar-refractivity contribution in [3.63, 3.8) is 0 Å². The van der Waals surface area contributed by atoms with E-state index in [0.717, 1.165) is 0 Å². The Morgan fingerprint density at radius 1 is 1.12 bits per heavy atom. The van der Waals surface area contributed by atoms with E-state index in [2.05, 4.69) is 10.0 Å². The van der Waals surface area contributed by atoms with Crippen molar-refractivity contribution in [3.05, 3.63) is 52.0 Å². The third kappa shape index (κ3) is 3.92. The predicted molar refractivity (Wildman–Crippen MR) is 93.7 cm³/mol. The van der Waals surface area contributed by atoms with Gasteiger partial charge < -0.3 is 10.1 Å². The molecule has 6 nitrogen and oxygen atoms in total. The second kappa shape index (κ2) is 7.29. The molecule has 24 heavy (non-hydrogen) atoms. The van der Waals surface area contributed by atoms with E-state index in [1.807, 2.05) is 0 Å². The van der Waals surface area contributed by atoms with Crippen LogP contribution in [0.5, 0.6) is 5.75 Å². The van der Waals surface area contributed by atoms with Crippen LogP contribution < -0.4 is 14.8 Å². The Morgan fingerprint density at radius 3 is 2.46 bits per heavy atom. The maximum atomic E-state index is 12.5. The quantitative estimate of drug-likeness (QED) is 0.823. The maximum absolute atomic E-state index is 12.5. The largest absolute Gasteiger partial charge is 0.496 e. The first-order valence-corrected chi connectivity index (χ1v) is 8.90. The highest BCUT2D eigenvalue weighted by atomic mass is 35.5. The van der Waals surface area contributed by atoms with E-state index in [-0.39, 0.29) is 26.9 Å². The fourth-order valence-corrected chi connectivity index (χ4v) is 3.44. The van der Waals surface area contributed by atoms with Crippen LogP contribution in [-0.2, 0) is 10.0 Å². The summed E-state index contributed by atoms with van der Waals surface area (Å²) in [6.45, 7) is 0. The van der Waals surface area contributed by atoms with Crippen LogP contribution in [0.4, 0.5) is 5.69 Å². The van der Waals surface area contributed by atoms with Gasteiger partial charge in [-0.15, -0.1) is 0 Å². The van der Waals surface area contributed by atoms with Gasteiger partial charge in [0.1, 0.15) is 5.75 Å². The molecule has 2 rings (SSSR count). The Labute approximate surface area is 149 Å². The third-order valence-electron chi connectivity index (χ3n) is 3.13. The summed E-state index contributed by atoms with van der Waals surface area (Å²) in [5.74, 6) is -0.209. The molecule has 0 aliphatic heterocycles. The highest BCUT2D eigenvalue weighted by molar-refractivity contribution is 7.92. The zero-order valence-corrected chi connectivity index (χ0v) is 15.1. The molecule has 0 heterocycles. The summed E-state index contributed by atoms with van der Waals surface area (Å²) in [5, 5.41) is 2.96. The van der Waals surface area contributed by atoms with Gasteiger partial charge in [-0.05, 0) is 36.4 Å². The van der Waals surface area contributed by atoms with Crippen LogP contribution in [-0.4, -0.2) is 28.5 Å². The number of nitrogens with one attached hydrogen (secondary N) is 2. The van der Waals surface area contributed by atoms with Crippen LogP contribution in [0.1, 0.15) is 10.4 Å². The number of hydrogen-bond donors (Lipinski definition) is 2. The van der Waals surface area contributed by atoms with E-state index in [9.17, 15) is 13.2 Å². The molecule has 2 aromatic carbocycles. The molecule has 0 aromatic heterocycles. The predicted octanol–water partition coefficient (Wildman–Crippen LogP) is 3.16. The van der Waals surface area contributed by atoms with Crippen LogP contribution in [0.25, 0.3) is 0 Å². The van der Waals surface area contributed by atoms with Crippen molar-refractivity contribution in [2.75, 3.05) is 18.9 Å². The Morgan fingerprint density at radius 2 is 1.83 bits per heavy atom. The lowest BCUT2D eigenvalue weighted by molar-refractivity contribution is 0.0960.